The molecule has 1 aromatic carbocycles. The Labute approximate surface area is 141 Å². The van der Waals surface area contributed by atoms with Gasteiger partial charge in [0.2, 0.25) is 5.82 Å². The van der Waals surface area contributed by atoms with Gasteiger partial charge >= 0.3 is 0 Å². The Kier molecular flexibility index (Phi) is 4.71. The molecule has 0 radical (unpaired) electrons. The quantitative estimate of drug-likeness (QED) is 0.749. The van der Waals surface area contributed by atoms with E-state index in [0.717, 1.165) is 24.9 Å². The van der Waals surface area contributed by atoms with Crippen molar-refractivity contribution in [3.8, 4) is 6.07 Å². The molecule has 3 aromatic rings. The highest BCUT2D eigenvalue weighted by Crippen LogP contribution is 2.24. The summed E-state index contributed by atoms with van der Waals surface area (Å²) in [6, 6.07) is 12.2. The number of aryl methyl sites for hydroxylation is 1. The highest BCUT2D eigenvalue weighted by atomic mass is 15.2. The number of rotatable bonds is 6. The lowest BCUT2D eigenvalue weighted by atomic mass is 10.1. The molecule has 6 heteroatoms. The van der Waals surface area contributed by atoms with Crippen LogP contribution in [0.3, 0.4) is 0 Å². The lowest BCUT2D eigenvalue weighted by Crippen LogP contribution is -2.10. The molecule has 0 saturated heterocycles. The minimum Gasteiger partial charge on any atom is -0.362 e. The van der Waals surface area contributed by atoms with Crippen molar-refractivity contribution in [3.63, 3.8) is 0 Å². The summed E-state index contributed by atoms with van der Waals surface area (Å²) in [7, 11) is 0. The maximum absolute atomic E-state index is 9.24. The van der Waals surface area contributed by atoms with Crippen molar-refractivity contribution in [1.29, 1.82) is 5.26 Å². The fourth-order valence-corrected chi connectivity index (χ4v) is 2.62. The van der Waals surface area contributed by atoms with Gasteiger partial charge in [-0.15, -0.1) is 0 Å². The molecular formula is C18H20N6. The molecule has 2 aromatic heterocycles. The van der Waals surface area contributed by atoms with Crippen LogP contribution in [0.2, 0.25) is 0 Å². The highest BCUT2D eigenvalue weighted by molar-refractivity contribution is 5.83. The average molecular weight is 320 g/mol. The first-order valence-electron chi connectivity index (χ1n) is 8.17. The minimum atomic E-state index is 0.0524. The third-order valence-electron chi connectivity index (χ3n) is 3.97. The van der Waals surface area contributed by atoms with Gasteiger partial charge in [0.25, 0.3) is 0 Å². The van der Waals surface area contributed by atoms with Crippen molar-refractivity contribution in [2.24, 2.45) is 0 Å². The zero-order valence-electron chi connectivity index (χ0n) is 13.9. The number of hydrogen-bond acceptors (Lipinski definition) is 5. The number of imidazole rings is 1. The van der Waals surface area contributed by atoms with Crippen LogP contribution in [0.25, 0.3) is 11.2 Å². The Morgan fingerprint density at radius 3 is 2.75 bits per heavy atom. The van der Waals surface area contributed by atoms with Gasteiger partial charge in [-0.3, -0.25) is 0 Å². The first-order valence-corrected chi connectivity index (χ1v) is 8.17. The van der Waals surface area contributed by atoms with Gasteiger partial charge in [0.05, 0.1) is 12.4 Å². The number of unbranched alkanes of at least 4 members (excludes halogenated alkanes) is 1. The molecule has 0 spiro atoms. The van der Waals surface area contributed by atoms with E-state index in [1.54, 1.807) is 6.33 Å². The zero-order valence-corrected chi connectivity index (χ0v) is 13.9. The normalized spacial score (nSPS) is 12.0. The number of anilines is 1. The molecule has 0 amide bonds. The van der Waals surface area contributed by atoms with Gasteiger partial charge < -0.3 is 9.88 Å². The number of aromatic nitrogens is 4. The topological polar surface area (TPSA) is 79.4 Å². The van der Waals surface area contributed by atoms with Crippen molar-refractivity contribution in [2.75, 3.05) is 5.32 Å². The predicted octanol–water partition coefficient (Wildman–Crippen LogP) is 3.67. The Hall–Kier alpha value is -2.94. The van der Waals surface area contributed by atoms with Crippen LogP contribution in [-0.2, 0) is 6.54 Å². The second kappa shape index (κ2) is 7.09. The molecule has 0 aliphatic heterocycles. The van der Waals surface area contributed by atoms with Crippen LogP contribution < -0.4 is 5.32 Å². The van der Waals surface area contributed by atoms with Crippen molar-refractivity contribution in [2.45, 2.75) is 39.3 Å². The van der Waals surface area contributed by atoms with E-state index in [9.17, 15) is 5.26 Å². The largest absolute Gasteiger partial charge is 0.362 e. The molecule has 2 heterocycles. The second-order valence-electron chi connectivity index (χ2n) is 5.75. The molecule has 1 unspecified atom stereocenters. The number of nitrogens with zero attached hydrogens (tertiary/aromatic N) is 5. The lowest BCUT2D eigenvalue weighted by Gasteiger charge is -2.15. The summed E-state index contributed by atoms with van der Waals surface area (Å²) in [5.41, 5.74) is 2.55. The Morgan fingerprint density at radius 2 is 2.04 bits per heavy atom. The standard InChI is InChI=1S/C18H20N6/c1-3-4-10-24-12-20-16-17(22-15(11-19)23-18(16)24)21-13(2)14-8-6-5-7-9-14/h5-9,12-13H,3-4,10H2,1-2H3,(H,21,22,23). The van der Waals surface area contributed by atoms with Crippen LogP contribution in [0.15, 0.2) is 36.7 Å². The predicted molar refractivity (Wildman–Crippen MR) is 93.4 cm³/mol. The second-order valence-corrected chi connectivity index (χ2v) is 5.75. The smallest absolute Gasteiger partial charge is 0.236 e. The fourth-order valence-electron chi connectivity index (χ4n) is 2.62. The van der Waals surface area contributed by atoms with E-state index in [0.29, 0.717) is 17.0 Å². The highest BCUT2D eigenvalue weighted by Gasteiger charge is 2.15. The first-order chi connectivity index (χ1) is 11.7. The lowest BCUT2D eigenvalue weighted by molar-refractivity contribution is 0.641. The third-order valence-corrected chi connectivity index (χ3v) is 3.97. The number of fused-ring (bicyclic) bond motifs is 1. The van der Waals surface area contributed by atoms with E-state index >= 15 is 0 Å². The van der Waals surface area contributed by atoms with Crippen LogP contribution in [0, 0.1) is 11.3 Å². The van der Waals surface area contributed by atoms with Crippen LogP contribution >= 0.6 is 0 Å². The van der Waals surface area contributed by atoms with Crippen LogP contribution in [0.1, 0.15) is 44.1 Å². The molecule has 0 saturated carbocycles. The zero-order chi connectivity index (χ0) is 16.9. The maximum Gasteiger partial charge on any atom is 0.236 e. The summed E-state index contributed by atoms with van der Waals surface area (Å²) in [5, 5.41) is 12.6. The minimum absolute atomic E-state index is 0.0524. The van der Waals surface area contributed by atoms with E-state index in [-0.39, 0.29) is 11.9 Å². The molecule has 6 nitrogen and oxygen atoms in total. The molecule has 3 rings (SSSR count). The Balaban J connectivity index is 1.98. The van der Waals surface area contributed by atoms with Gasteiger partial charge in [-0.2, -0.15) is 15.2 Å². The van der Waals surface area contributed by atoms with Crippen molar-refractivity contribution in [3.05, 3.63) is 48.0 Å². The summed E-state index contributed by atoms with van der Waals surface area (Å²) < 4.78 is 1.99. The Morgan fingerprint density at radius 1 is 1.25 bits per heavy atom. The van der Waals surface area contributed by atoms with Gasteiger partial charge in [0.1, 0.15) is 6.07 Å². The van der Waals surface area contributed by atoms with E-state index in [2.05, 4.69) is 46.2 Å². The summed E-state index contributed by atoms with van der Waals surface area (Å²) in [5.74, 6) is 0.756. The number of nitriles is 1. The van der Waals surface area contributed by atoms with Gasteiger partial charge in [0.15, 0.2) is 17.0 Å². The SMILES string of the molecule is CCCCn1cnc2c(NC(C)c3ccccc3)nc(C#N)nc21. The van der Waals surface area contributed by atoms with Gasteiger partial charge in [-0.25, -0.2) is 4.98 Å². The molecule has 1 atom stereocenters. The monoisotopic (exact) mass is 320 g/mol. The van der Waals surface area contributed by atoms with Crippen molar-refractivity contribution < 1.29 is 0 Å². The van der Waals surface area contributed by atoms with Crippen molar-refractivity contribution in [1.82, 2.24) is 19.5 Å². The summed E-state index contributed by atoms with van der Waals surface area (Å²) in [6.45, 7) is 5.04. The van der Waals surface area contributed by atoms with E-state index in [4.69, 9.17) is 0 Å². The molecular weight excluding hydrogens is 300 g/mol. The van der Waals surface area contributed by atoms with Gasteiger partial charge in [-0.05, 0) is 18.9 Å². The molecule has 0 fully saturated rings. The molecule has 24 heavy (non-hydrogen) atoms. The van der Waals surface area contributed by atoms with E-state index < -0.39 is 0 Å². The molecule has 0 aliphatic rings. The number of hydrogen-bond donors (Lipinski definition) is 1. The van der Waals surface area contributed by atoms with E-state index in [1.165, 1.54) is 0 Å². The summed E-state index contributed by atoms with van der Waals surface area (Å²) in [6.07, 6.45) is 3.90. The van der Waals surface area contributed by atoms with E-state index in [1.807, 2.05) is 28.8 Å². The maximum atomic E-state index is 9.24. The van der Waals surface area contributed by atoms with Crippen LogP contribution in [-0.4, -0.2) is 19.5 Å². The summed E-state index contributed by atoms with van der Waals surface area (Å²) in [4.78, 5) is 13.1. The van der Waals surface area contributed by atoms with Crippen LogP contribution in [0.4, 0.5) is 5.82 Å². The Bertz CT molecular complexity index is 862. The molecule has 1 N–H and O–H groups in total. The molecule has 0 aliphatic carbocycles. The van der Waals surface area contributed by atoms with Gasteiger partial charge in [0, 0.05) is 6.54 Å². The first kappa shape index (κ1) is 15.9. The number of nitrogens with one attached hydrogen (secondary N) is 1. The summed E-state index contributed by atoms with van der Waals surface area (Å²) >= 11 is 0. The molecule has 0 bridgehead atoms. The third kappa shape index (κ3) is 3.20. The molecule has 122 valence electrons. The average Bonchev–Trinajstić information content (AvgIpc) is 3.03. The van der Waals surface area contributed by atoms with Crippen molar-refractivity contribution >= 4 is 17.0 Å². The van der Waals surface area contributed by atoms with Gasteiger partial charge in [-0.1, -0.05) is 43.7 Å². The number of benzene rings is 1. The van der Waals surface area contributed by atoms with Crippen LogP contribution in [0.5, 0.6) is 0 Å². The fraction of sp³-hybridized carbons (Fsp3) is 0.333.